The van der Waals surface area contributed by atoms with Crippen molar-refractivity contribution in [1.82, 2.24) is 4.90 Å². The third-order valence-electron chi connectivity index (χ3n) is 2.54. The molecule has 0 aliphatic carbocycles. The van der Waals surface area contributed by atoms with Crippen LogP contribution in [-0.2, 0) is 11.3 Å². The molecule has 0 spiro atoms. The van der Waals surface area contributed by atoms with Gasteiger partial charge < -0.3 is 10.0 Å². The van der Waals surface area contributed by atoms with Crippen LogP contribution in [0.2, 0.25) is 0 Å². The van der Waals surface area contributed by atoms with Gasteiger partial charge in [0, 0.05) is 25.1 Å². The smallest absolute Gasteiger partial charge is 0.303 e. The molecule has 0 saturated carbocycles. The van der Waals surface area contributed by atoms with Gasteiger partial charge in [-0.2, -0.15) is 0 Å². The molecule has 3 nitrogen and oxygen atoms in total. The SMILES string of the molecule is CC(CC(=O)O)CN(C)Cc1ccccc1F. The zero-order valence-electron chi connectivity index (χ0n) is 10.2. The molecule has 0 bridgehead atoms. The van der Waals surface area contributed by atoms with Gasteiger partial charge in [0.15, 0.2) is 0 Å². The summed E-state index contributed by atoms with van der Waals surface area (Å²) in [7, 11) is 1.87. The second kappa shape index (κ2) is 6.35. The van der Waals surface area contributed by atoms with Gasteiger partial charge in [-0.1, -0.05) is 25.1 Å². The third kappa shape index (κ3) is 4.95. The Bertz CT molecular complexity index is 381. The minimum atomic E-state index is -0.795. The predicted molar refractivity (Wildman–Crippen MR) is 64.2 cm³/mol. The van der Waals surface area contributed by atoms with Crippen LogP contribution in [0.25, 0.3) is 0 Å². The second-order valence-corrected chi connectivity index (χ2v) is 4.49. The molecule has 1 aromatic carbocycles. The number of hydrogen-bond acceptors (Lipinski definition) is 2. The summed E-state index contributed by atoms with van der Waals surface area (Å²) in [5, 5.41) is 8.65. The molecule has 0 aliphatic heterocycles. The van der Waals surface area contributed by atoms with Crippen molar-refractivity contribution >= 4 is 5.97 Å². The Balaban J connectivity index is 2.47. The summed E-state index contributed by atoms with van der Waals surface area (Å²) in [6, 6.07) is 6.64. The molecule has 1 unspecified atom stereocenters. The summed E-state index contributed by atoms with van der Waals surface area (Å²) in [4.78, 5) is 12.5. The number of hydrogen-bond donors (Lipinski definition) is 1. The van der Waals surface area contributed by atoms with Crippen molar-refractivity contribution in [1.29, 1.82) is 0 Å². The van der Waals surface area contributed by atoms with Crippen molar-refractivity contribution in [3.05, 3.63) is 35.6 Å². The number of rotatable bonds is 6. The largest absolute Gasteiger partial charge is 0.481 e. The Morgan fingerprint density at radius 2 is 2.12 bits per heavy atom. The average molecular weight is 239 g/mol. The first-order valence-corrected chi connectivity index (χ1v) is 5.62. The fourth-order valence-electron chi connectivity index (χ4n) is 1.88. The number of halogens is 1. The van der Waals surface area contributed by atoms with Gasteiger partial charge in [-0.05, 0) is 19.0 Å². The van der Waals surface area contributed by atoms with Crippen LogP contribution < -0.4 is 0 Å². The van der Waals surface area contributed by atoms with Crippen LogP contribution >= 0.6 is 0 Å². The fourth-order valence-corrected chi connectivity index (χ4v) is 1.88. The number of carbonyl (C=O) groups is 1. The molecular formula is C13H18FNO2. The standard InChI is InChI=1S/C13H18FNO2/c1-10(7-13(16)17)8-15(2)9-11-5-3-4-6-12(11)14/h3-6,10H,7-9H2,1-2H3,(H,16,17). The summed E-state index contributed by atoms with van der Waals surface area (Å²) in [5.74, 6) is -0.952. The number of nitrogens with zero attached hydrogens (tertiary/aromatic N) is 1. The fraction of sp³-hybridized carbons (Fsp3) is 0.462. The maximum Gasteiger partial charge on any atom is 0.303 e. The molecule has 0 aromatic heterocycles. The van der Waals surface area contributed by atoms with E-state index < -0.39 is 5.97 Å². The van der Waals surface area contributed by atoms with Gasteiger partial charge >= 0.3 is 5.97 Å². The topological polar surface area (TPSA) is 40.5 Å². The van der Waals surface area contributed by atoms with E-state index in [2.05, 4.69) is 0 Å². The first-order chi connectivity index (χ1) is 7.99. The van der Waals surface area contributed by atoms with Crippen LogP contribution in [0, 0.1) is 11.7 Å². The average Bonchev–Trinajstić information content (AvgIpc) is 2.19. The molecule has 94 valence electrons. The van der Waals surface area contributed by atoms with E-state index in [-0.39, 0.29) is 18.2 Å². The van der Waals surface area contributed by atoms with E-state index in [1.807, 2.05) is 18.9 Å². The predicted octanol–water partition coefficient (Wildman–Crippen LogP) is 2.37. The normalized spacial score (nSPS) is 12.7. The van der Waals surface area contributed by atoms with Crippen LogP contribution in [-0.4, -0.2) is 29.6 Å². The molecule has 1 rings (SSSR count). The summed E-state index contributed by atoms with van der Waals surface area (Å²) >= 11 is 0. The minimum Gasteiger partial charge on any atom is -0.481 e. The monoisotopic (exact) mass is 239 g/mol. The van der Waals surface area contributed by atoms with Gasteiger partial charge in [0.05, 0.1) is 0 Å². The quantitative estimate of drug-likeness (QED) is 0.828. The molecular weight excluding hydrogens is 221 g/mol. The van der Waals surface area contributed by atoms with Crippen molar-refractivity contribution in [2.75, 3.05) is 13.6 Å². The van der Waals surface area contributed by atoms with Gasteiger partial charge in [-0.25, -0.2) is 4.39 Å². The van der Waals surface area contributed by atoms with Gasteiger partial charge in [0.1, 0.15) is 5.82 Å². The summed E-state index contributed by atoms with van der Waals surface area (Å²) < 4.78 is 13.4. The highest BCUT2D eigenvalue weighted by molar-refractivity contribution is 5.66. The molecule has 0 radical (unpaired) electrons. The molecule has 1 atom stereocenters. The zero-order chi connectivity index (χ0) is 12.8. The highest BCUT2D eigenvalue weighted by Gasteiger charge is 2.11. The van der Waals surface area contributed by atoms with Gasteiger partial charge in [0.25, 0.3) is 0 Å². The summed E-state index contributed by atoms with van der Waals surface area (Å²) in [5.41, 5.74) is 0.637. The Morgan fingerprint density at radius 3 is 2.71 bits per heavy atom. The highest BCUT2D eigenvalue weighted by Crippen LogP contribution is 2.11. The van der Waals surface area contributed by atoms with Crippen LogP contribution in [0.5, 0.6) is 0 Å². The Morgan fingerprint density at radius 1 is 1.47 bits per heavy atom. The lowest BCUT2D eigenvalue weighted by Gasteiger charge is -2.20. The number of aliphatic carboxylic acids is 1. The number of benzene rings is 1. The van der Waals surface area contributed by atoms with E-state index in [0.717, 1.165) is 0 Å². The first kappa shape index (κ1) is 13.6. The Labute approximate surface area is 101 Å². The maximum absolute atomic E-state index is 13.4. The molecule has 4 heteroatoms. The lowest BCUT2D eigenvalue weighted by atomic mass is 10.1. The molecule has 1 N–H and O–H groups in total. The van der Waals surface area contributed by atoms with Gasteiger partial charge in [-0.15, -0.1) is 0 Å². The Hall–Kier alpha value is -1.42. The number of carboxylic acids is 1. The van der Waals surface area contributed by atoms with E-state index in [1.165, 1.54) is 6.07 Å². The molecule has 0 saturated heterocycles. The van der Waals surface area contributed by atoms with Crippen molar-refractivity contribution in [3.63, 3.8) is 0 Å². The van der Waals surface area contributed by atoms with Crippen molar-refractivity contribution in [3.8, 4) is 0 Å². The minimum absolute atomic E-state index is 0.0595. The van der Waals surface area contributed by atoms with Crippen molar-refractivity contribution < 1.29 is 14.3 Å². The molecule has 0 aliphatic rings. The highest BCUT2D eigenvalue weighted by atomic mass is 19.1. The van der Waals surface area contributed by atoms with Gasteiger partial charge in [-0.3, -0.25) is 4.79 Å². The summed E-state index contributed by atoms with van der Waals surface area (Å²) in [6.45, 7) is 3.02. The molecule has 0 amide bonds. The molecule has 17 heavy (non-hydrogen) atoms. The van der Waals surface area contributed by atoms with E-state index in [9.17, 15) is 9.18 Å². The molecule has 0 fully saturated rings. The van der Waals surface area contributed by atoms with Gasteiger partial charge in [0.2, 0.25) is 0 Å². The Kier molecular flexibility index (Phi) is 5.10. The lowest BCUT2D eigenvalue weighted by Crippen LogP contribution is -2.25. The van der Waals surface area contributed by atoms with E-state index in [0.29, 0.717) is 18.7 Å². The lowest BCUT2D eigenvalue weighted by molar-refractivity contribution is -0.138. The van der Waals surface area contributed by atoms with Crippen LogP contribution in [0.4, 0.5) is 4.39 Å². The van der Waals surface area contributed by atoms with E-state index in [1.54, 1.807) is 18.2 Å². The van der Waals surface area contributed by atoms with Crippen LogP contribution in [0.3, 0.4) is 0 Å². The van der Waals surface area contributed by atoms with Crippen molar-refractivity contribution in [2.45, 2.75) is 19.9 Å². The van der Waals surface area contributed by atoms with E-state index in [4.69, 9.17) is 5.11 Å². The zero-order valence-corrected chi connectivity index (χ0v) is 10.2. The van der Waals surface area contributed by atoms with Crippen molar-refractivity contribution in [2.24, 2.45) is 5.92 Å². The summed E-state index contributed by atoms with van der Waals surface area (Å²) in [6.07, 6.45) is 0.140. The third-order valence-corrected chi connectivity index (χ3v) is 2.54. The maximum atomic E-state index is 13.4. The molecule has 1 aromatic rings. The number of carboxylic acid groups (broad SMARTS) is 1. The second-order valence-electron chi connectivity index (χ2n) is 4.49. The van der Waals surface area contributed by atoms with Crippen LogP contribution in [0.1, 0.15) is 18.9 Å². The van der Waals surface area contributed by atoms with E-state index >= 15 is 0 Å². The first-order valence-electron chi connectivity index (χ1n) is 5.62. The van der Waals surface area contributed by atoms with Crippen LogP contribution in [0.15, 0.2) is 24.3 Å². The molecule has 0 heterocycles.